The minimum atomic E-state index is -0.917. The highest BCUT2D eigenvalue weighted by Crippen LogP contribution is 2.40. The number of benzene rings is 1. The maximum Gasteiger partial charge on any atom is 0.0958 e. The van der Waals surface area contributed by atoms with Crippen molar-refractivity contribution in [3.63, 3.8) is 0 Å². The Kier molecular flexibility index (Phi) is 4.54. The second-order valence-electron chi connectivity index (χ2n) is 4.89. The first-order chi connectivity index (χ1) is 8.55. The van der Waals surface area contributed by atoms with Gasteiger partial charge in [-0.3, -0.25) is 0 Å². The molecule has 2 atom stereocenters. The molecule has 0 spiro atoms. The highest BCUT2D eigenvalue weighted by atomic mass is 35.5. The SMILES string of the molecule is CCCC1CC(O)(c2cc(Cl)ccc2Cl)CCO1. The van der Waals surface area contributed by atoms with E-state index in [1.807, 2.05) is 0 Å². The van der Waals surface area contributed by atoms with Gasteiger partial charge in [-0.1, -0.05) is 36.5 Å². The summed E-state index contributed by atoms with van der Waals surface area (Å²) >= 11 is 12.2. The quantitative estimate of drug-likeness (QED) is 0.905. The summed E-state index contributed by atoms with van der Waals surface area (Å²) in [5.41, 5.74) is -0.193. The molecule has 1 fully saturated rings. The average Bonchev–Trinajstić information content (AvgIpc) is 2.33. The summed E-state index contributed by atoms with van der Waals surface area (Å²) in [6.07, 6.45) is 3.25. The minimum absolute atomic E-state index is 0.101. The fourth-order valence-corrected chi connectivity index (χ4v) is 3.00. The Hall–Kier alpha value is -0.280. The van der Waals surface area contributed by atoms with E-state index in [2.05, 4.69) is 6.92 Å². The molecule has 4 heteroatoms. The molecule has 18 heavy (non-hydrogen) atoms. The number of ether oxygens (including phenoxy) is 1. The van der Waals surface area contributed by atoms with Crippen molar-refractivity contribution in [2.75, 3.05) is 6.61 Å². The van der Waals surface area contributed by atoms with E-state index >= 15 is 0 Å². The standard InChI is InChI=1S/C14H18Cl2O2/c1-2-3-11-9-14(17,6-7-18-11)12-8-10(15)4-5-13(12)16/h4-5,8,11,17H,2-3,6-7,9H2,1H3. The normalized spacial score (nSPS) is 28.3. The zero-order valence-electron chi connectivity index (χ0n) is 10.5. The predicted molar refractivity (Wildman–Crippen MR) is 74.2 cm³/mol. The number of halogens is 2. The van der Waals surface area contributed by atoms with Gasteiger partial charge < -0.3 is 9.84 Å². The summed E-state index contributed by atoms with van der Waals surface area (Å²) in [6, 6.07) is 5.24. The number of hydrogen-bond acceptors (Lipinski definition) is 2. The molecule has 0 radical (unpaired) electrons. The summed E-state index contributed by atoms with van der Waals surface area (Å²) in [6.45, 7) is 2.67. The fourth-order valence-electron chi connectivity index (χ4n) is 2.54. The second kappa shape index (κ2) is 5.79. The van der Waals surface area contributed by atoms with Crippen molar-refractivity contribution in [1.29, 1.82) is 0 Å². The molecule has 0 aliphatic carbocycles. The molecule has 1 aliphatic heterocycles. The lowest BCUT2D eigenvalue weighted by Gasteiger charge is -2.37. The van der Waals surface area contributed by atoms with E-state index < -0.39 is 5.60 Å². The van der Waals surface area contributed by atoms with Gasteiger partial charge in [0, 0.05) is 28.5 Å². The maximum absolute atomic E-state index is 10.8. The van der Waals surface area contributed by atoms with Crippen LogP contribution in [0.1, 0.15) is 38.2 Å². The Balaban J connectivity index is 2.26. The van der Waals surface area contributed by atoms with Gasteiger partial charge in [0.2, 0.25) is 0 Å². The molecule has 2 unspecified atom stereocenters. The Labute approximate surface area is 118 Å². The molecule has 0 saturated carbocycles. The van der Waals surface area contributed by atoms with E-state index in [9.17, 15) is 5.11 Å². The molecule has 1 saturated heterocycles. The van der Waals surface area contributed by atoms with Gasteiger partial charge in [-0.25, -0.2) is 0 Å². The van der Waals surface area contributed by atoms with Gasteiger partial charge >= 0.3 is 0 Å². The lowest BCUT2D eigenvalue weighted by Crippen LogP contribution is -2.38. The third kappa shape index (κ3) is 3.00. The molecule has 0 amide bonds. The first kappa shape index (κ1) is 14.1. The topological polar surface area (TPSA) is 29.5 Å². The Bertz CT molecular complexity index is 420. The van der Waals surface area contributed by atoms with Gasteiger partial charge in [-0.2, -0.15) is 0 Å². The first-order valence-corrected chi connectivity index (χ1v) is 7.10. The van der Waals surface area contributed by atoms with Gasteiger partial charge in [0.15, 0.2) is 0 Å². The lowest BCUT2D eigenvalue weighted by atomic mass is 9.83. The van der Waals surface area contributed by atoms with Gasteiger partial charge in [0.1, 0.15) is 0 Å². The van der Waals surface area contributed by atoms with Crippen LogP contribution < -0.4 is 0 Å². The zero-order chi connectivity index (χ0) is 13.2. The van der Waals surface area contributed by atoms with E-state index in [1.165, 1.54) is 0 Å². The summed E-state index contributed by atoms with van der Waals surface area (Å²) in [4.78, 5) is 0. The summed E-state index contributed by atoms with van der Waals surface area (Å²) in [5, 5.41) is 12.0. The second-order valence-corrected chi connectivity index (χ2v) is 5.73. The van der Waals surface area contributed by atoms with E-state index in [-0.39, 0.29) is 6.10 Å². The maximum atomic E-state index is 10.8. The fraction of sp³-hybridized carbons (Fsp3) is 0.571. The third-order valence-corrected chi connectivity index (χ3v) is 4.04. The largest absolute Gasteiger partial charge is 0.385 e. The molecule has 0 bridgehead atoms. The number of aliphatic hydroxyl groups is 1. The highest BCUT2D eigenvalue weighted by Gasteiger charge is 2.37. The van der Waals surface area contributed by atoms with Crippen LogP contribution in [0, 0.1) is 0 Å². The van der Waals surface area contributed by atoms with Crippen LogP contribution in [0.25, 0.3) is 0 Å². The molecule has 1 aliphatic rings. The van der Waals surface area contributed by atoms with Gasteiger partial charge in [0.05, 0.1) is 18.3 Å². The third-order valence-electron chi connectivity index (χ3n) is 3.47. The van der Waals surface area contributed by atoms with Crippen LogP contribution in [0.4, 0.5) is 0 Å². The van der Waals surface area contributed by atoms with Crippen molar-refractivity contribution in [2.24, 2.45) is 0 Å². The van der Waals surface area contributed by atoms with Crippen LogP contribution in [0.2, 0.25) is 10.0 Å². The van der Waals surface area contributed by atoms with E-state index in [0.717, 1.165) is 18.4 Å². The molecule has 2 rings (SSSR count). The summed E-state index contributed by atoms with van der Waals surface area (Å²) in [5.74, 6) is 0. The summed E-state index contributed by atoms with van der Waals surface area (Å²) in [7, 11) is 0. The van der Waals surface area contributed by atoms with E-state index in [1.54, 1.807) is 18.2 Å². The van der Waals surface area contributed by atoms with Crippen molar-refractivity contribution in [2.45, 2.75) is 44.3 Å². The average molecular weight is 289 g/mol. The van der Waals surface area contributed by atoms with Crippen LogP contribution in [-0.4, -0.2) is 17.8 Å². The van der Waals surface area contributed by atoms with Crippen molar-refractivity contribution < 1.29 is 9.84 Å². The molecule has 0 aromatic heterocycles. The molecular formula is C14H18Cl2O2. The van der Waals surface area contributed by atoms with Gasteiger partial charge in [0.25, 0.3) is 0 Å². The number of hydrogen-bond donors (Lipinski definition) is 1. The lowest BCUT2D eigenvalue weighted by molar-refractivity contribution is -0.110. The molecule has 1 aromatic rings. The molecule has 1 aromatic carbocycles. The van der Waals surface area contributed by atoms with E-state index in [0.29, 0.717) is 29.5 Å². The van der Waals surface area contributed by atoms with Crippen LogP contribution in [0.5, 0.6) is 0 Å². The van der Waals surface area contributed by atoms with Crippen molar-refractivity contribution in [3.05, 3.63) is 33.8 Å². The zero-order valence-corrected chi connectivity index (χ0v) is 12.0. The molecule has 1 N–H and O–H groups in total. The van der Waals surface area contributed by atoms with Crippen LogP contribution >= 0.6 is 23.2 Å². The minimum Gasteiger partial charge on any atom is -0.385 e. The monoisotopic (exact) mass is 288 g/mol. The molecule has 2 nitrogen and oxygen atoms in total. The Morgan fingerprint density at radius 1 is 1.44 bits per heavy atom. The van der Waals surface area contributed by atoms with Crippen LogP contribution in [-0.2, 0) is 10.3 Å². The van der Waals surface area contributed by atoms with Crippen molar-refractivity contribution >= 4 is 23.2 Å². The molecule has 1 heterocycles. The van der Waals surface area contributed by atoms with E-state index in [4.69, 9.17) is 27.9 Å². The van der Waals surface area contributed by atoms with Crippen molar-refractivity contribution in [1.82, 2.24) is 0 Å². The molecule has 100 valence electrons. The van der Waals surface area contributed by atoms with Gasteiger partial charge in [-0.15, -0.1) is 0 Å². The first-order valence-electron chi connectivity index (χ1n) is 6.34. The van der Waals surface area contributed by atoms with Crippen molar-refractivity contribution in [3.8, 4) is 0 Å². The Morgan fingerprint density at radius 3 is 2.94 bits per heavy atom. The van der Waals surface area contributed by atoms with Crippen LogP contribution in [0.15, 0.2) is 18.2 Å². The Morgan fingerprint density at radius 2 is 2.22 bits per heavy atom. The highest BCUT2D eigenvalue weighted by molar-refractivity contribution is 6.33. The summed E-state index contributed by atoms with van der Waals surface area (Å²) < 4.78 is 5.67. The van der Waals surface area contributed by atoms with Crippen LogP contribution in [0.3, 0.4) is 0 Å². The van der Waals surface area contributed by atoms with Gasteiger partial charge in [-0.05, 0) is 24.6 Å². The number of rotatable bonds is 3. The smallest absolute Gasteiger partial charge is 0.0958 e. The molecular weight excluding hydrogens is 271 g/mol. The predicted octanol–water partition coefficient (Wildman–Crippen LogP) is 4.16.